The second-order valence-corrected chi connectivity index (χ2v) is 4.40. The van der Waals surface area contributed by atoms with Gasteiger partial charge in [0.2, 0.25) is 0 Å². The zero-order chi connectivity index (χ0) is 14.4. The third kappa shape index (κ3) is 3.23. The molecule has 0 bridgehead atoms. The highest BCUT2D eigenvalue weighted by Gasteiger charge is 2.16. The van der Waals surface area contributed by atoms with Crippen LogP contribution in [0.3, 0.4) is 0 Å². The van der Waals surface area contributed by atoms with Crippen LogP contribution in [-0.2, 0) is 13.0 Å². The van der Waals surface area contributed by atoms with Crippen LogP contribution in [-0.4, -0.2) is 4.92 Å². The molecular formula is C16H16N2O2. The number of para-hydroxylation sites is 1. The van der Waals surface area contributed by atoms with Gasteiger partial charge in [-0.25, -0.2) is 0 Å². The lowest BCUT2D eigenvalue weighted by molar-refractivity contribution is -0.384. The van der Waals surface area contributed by atoms with Crippen LogP contribution in [0.5, 0.6) is 0 Å². The zero-order valence-electron chi connectivity index (χ0n) is 11.1. The lowest BCUT2D eigenvalue weighted by Crippen LogP contribution is -2.05. The molecule has 0 heterocycles. The number of nitrogens with one attached hydrogen (secondary N) is 1. The van der Waals surface area contributed by atoms with Crippen molar-refractivity contribution in [1.82, 2.24) is 0 Å². The molecule has 0 aliphatic rings. The average molecular weight is 268 g/mol. The van der Waals surface area contributed by atoms with Gasteiger partial charge < -0.3 is 5.32 Å². The van der Waals surface area contributed by atoms with Gasteiger partial charge in [0.15, 0.2) is 0 Å². The second-order valence-electron chi connectivity index (χ2n) is 4.40. The van der Waals surface area contributed by atoms with Crippen molar-refractivity contribution in [3.8, 4) is 0 Å². The molecule has 4 nitrogen and oxygen atoms in total. The van der Waals surface area contributed by atoms with Crippen molar-refractivity contribution in [2.75, 3.05) is 5.32 Å². The van der Waals surface area contributed by atoms with Crippen LogP contribution in [0.15, 0.2) is 61.2 Å². The van der Waals surface area contributed by atoms with E-state index in [1.54, 1.807) is 12.1 Å². The molecular weight excluding hydrogens is 252 g/mol. The SMILES string of the molecule is C=CCc1cccc([N+](=O)[O-])c1NCc1ccccc1. The van der Waals surface area contributed by atoms with E-state index in [-0.39, 0.29) is 10.6 Å². The average Bonchev–Trinajstić information content (AvgIpc) is 2.47. The van der Waals surface area contributed by atoms with Crippen LogP contribution in [0.1, 0.15) is 11.1 Å². The van der Waals surface area contributed by atoms with E-state index >= 15 is 0 Å². The lowest BCUT2D eigenvalue weighted by atomic mass is 10.1. The quantitative estimate of drug-likeness (QED) is 0.490. The molecule has 0 aliphatic heterocycles. The minimum atomic E-state index is -0.361. The Labute approximate surface area is 117 Å². The highest BCUT2D eigenvalue weighted by atomic mass is 16.6. The largest absolute Gasteiger partial charge is 0.375 e. The highest BCUT2D eigenvalue weighted by Crippen LogP contribution is 2.29. The van der Waals surface area contributed by atoms with Gasteiger partial charge in [0, 0.05) is 12.6 Å². The van der Waals surface area contributed by atoms with E-state index < -0.39 is 0 Å². The first-order chi connectivity index (χ1) is 9.72. The highest BCUT2D eigenvalue weighted by molar-refractivity contribution is 5.66. The van der Waals surface area contributed by atoms with E-state index in [4.69, 9.17) is 0 Å². The van der Waals surface area contributed by atoms with Crippen molar-refractivity contribution in [1.29, 1.82) is 0 Å². The van der Waals surface area contributed by atoms with Gasteiger partial charge >= 0.3 is 0 Å². The Hall–Kier alpha value is -2.62. The first-order valence-electron chi connectivity index (χ1n) is 6.37. The molecule has 4 heteroatoms. The van der Waals surface area contributed by atoms with Crippen molar-refractivity contribution in [3.63, 3.8) is 0 Å². The predicted molar refractivity (Wildman–Crippen MR) is 80.8 cm³/mol. The molecule has 0 spiro atoms. The van der Waals surface area contributed by atoms with E-state index in [1.807, 2.05) is 36.4 Å². The summed E-state index contributed by atoms with van der Waals surface area (Å²) in [4.78, 5) is 10.8. The Bertz CT molecular complexity index is 609. The molecule has 102 valence electrons. The number of allylic oxidation sites excluding steroid dienone is 1. The fraction of sp³-hybridized carbons (Fsp3) is 0.125. The molecule has 2 aromatic carbocycles. The fourth-order valence-corrected chi connectivity index (χ4v) is 2.05. The Morgan fingerprint density at radius 3 is 2.55 bits per heavy atom. The molecule has 0 saturated heterocycles. The molecule has 2 rings (SSSR count). The molecule has 0 fully saturated rings. The van der Waals surface area contributed by atoms with E-state index in [9.17, 15) is 10.1 Å². The van der Waals surface area contributed by atoms with Crippen LogP contribution in [0, 0.1) is 10.1 Å². The Morgan fingerprint density at radius 1 is 1.15 bits per heavy atom. The van der Waals surface area contributed by atoms with Crippen molar-refractivity contribution >= 4 is 11.4 Å². The van der Waals surface area contributed by atoms with Crippen LogP contribution < -0.4 is 5.32 Å². The summed E-state index contributed by atoms with van der Waals surface area (Å²) in [5.41, 5.74) is 2.63. The third-order valence-corrected chi connectivity index (χ3v) is 3.00. The van der Waals surface area contributed by atoms with Crippen molar-refractivity contribution in [2.24, 2.45) is 0 Å². The topological polar surface area (TPSA) is 55.2 Å². The summed E-state index contributed by atoms with van der Waals surface area (Å²) < 4.78 is 0. The van der Waals surface area contributed by atoms with Gasteiger partial charge in [-0.2, -0.15) is 0 Å². The molecule has 0 aliphatic carbocycles. The summed E-state index contributed by atoms with van der Waals surface area (Å²) in [5.74, 6) is 0. The van der Waals surface area contributed by atoms with Crippen molar-refractivity contribution in [2.45, 2.75) is 13.0 Å². The van der Waals surface area contributed by atoms with Crippen molar-refractivity contribution in [3.05, 3.63) is 82.4 Å². The maximum Gasteiger partial charge on any atom is 0.292 e. The predicted octanol–water partition coefficient (Wildman–Crippen LogP) is 3.94. The van der Waals surface area contributed by atoms with Crippen LogP contribution in [0.25, 0.3) is 0 Å². The number of hydrogen-bond acceptors (Lipinski definition) is 3. The molecule has 1 N–H and O–H groups in total. The van der Waals surface area contributed by atoms with Gasteiger partial charge in [0.05, 0.1) is 4.92 Å². The molecule has 0 radical (unpaired) electrons. The van der Waals surface area contributed by atoms with Gasteiger partial charge in [-0.3, -0.25) is 10.1 Å². The normalized spacial score (nSPS) is 10.0. The Kier molecular flexibility index (Phi) is 4.50. The molecule has 0 atom stereocenters. The second kappa shape index (κ2) is 6.52. The number of rotatable bonds is 6. The summed E-state index contributed by atoms with van der Waals surface area (Å²) in [6, 6.07) is 14.9. The van der Waals surface area contributed by atoms with E-state index in [0.717, 1.165) is 11.1 Å². The number of benzene rings is 2. The standard InChI is InChI=1S/C16H16N2O2/c1-2-7-14-10-6-11-15(18(19)20)16(14)17-12-13-8-4-3-5-9-13/h2-6,8-11,17H,1,7,12H2. The number of hydrogen-bond donors (Lipinski definition) is 1. The Balaban J connectivity index is 2.28. The van der Waals surface area contributed by atoms with Gasteiger partial charge in [-0.15, -0.1) is 6.58 Å². The first-order valence-corrected chi connectivity index (χ1v) is 6.37. The van der Waals surface area contributed by atoms with Crippen LogP contribution >= 0.6 is 0 Å². The molecule has 0 aromatic heterocycles. The molecule has 2 aromatic rings. The minimum absolute atomic E-state index is 0.0975. The zero-order valence-corrected chi connectivity index (χ0v) is 11.1. The summed E-state index contributed by atoms with van der Waals surface area (Å²) in [6.07, 6.45) is 2.34. The third-order valence-electron chi connectivity index (χ3n) is 3.00. The Morgan fingerprint density at radius 2 is 1.90 bits per heavy atom. The van der Waals surface area contributed by atoms with E-state index in [2.05, 4.69) is 11.9 Å². The van der Waals surface area contributed by atoms with Gasteiger partial charge in [-0.1, -0.05) is 48.5 Å². The van der Waals surface area contributed by atoms with Gasteiger partial charge in [0.25, 0.3) is 5.69 Å². The summed E-state index contributed by atoms with van der Waals surface area (Å²) in [5, 5.41) is 14.3. The molecule has 0 unspecified atom stereocenters. The van der Waals surface area contributed by atoms with Crippen molar-refractivity contribution < 1.29 is 4.92 Å². The number of nitrogens with zero attached hydrogens (tertiary/aromatic N) is 1. The maximum atomic E-state index is 11.1. The number of nitro groups is 1. The summed E-state index contributed by atoms with van der Waals surface area (Å²) >= 11 is 0. The number of nitro benzene ring substituents is 1. The summed E-state index contributed by atoms with van der Waals surface area (Å²) in [7, 11) is 0. The van der Waals surface area contributed by atoms with E-state index in [0.29, 0.717) is 18.7 Å². The summed E-state index contributed by atoms with van der Waals surface area (Å²) in [6.45, 7) is 4.24. The lowest BCUT2D eigenvalue weighted by Gasteiger charge is -2.11. The van der Waals surface area contributed by atoms with Gasteiger partial charge in [0.1, 0.15) is 5.69 Å². The fourth-order valence-electron chi connectivity index (χ4n) is 2.05. The number of anilines is 1. The van der Waals surface area contributed by atoms with Crippen LogP contribution in [0.4, 0.5) is 11.4 Å². The van der Waals surface area contributed by atoms with E-state index in [1.165, 1.54) is 6.07 Å². The first kappa shape index (κ1) is 13.8. The molecule has 0 saturated carbocycles. The minimum Gasteiger partial charge on any atom is -0.375 e. The molecule has 20 heavy (non-hydrogen) atoms. The maximum absolute atomic E-state index is 11.1. The monoisotopic (exact) mass is 268 g/mol. The van der Waals surface area contributed by atoms with Gasteiger partial charge in [-0.05, 0) is 17.5 Å². The van der Waals surface area contributed by atoms with Crippen LogP contribution in [0.2, 0.25) is 0 Å². The molecule has 0 amide bonds. The smallest absolute Gasteiger partial charge is 0.292 e.